The van der Waals surface area contributed by atoms with E-state index in [1.165, 1.54) is 37.0 Å². The van der Waals surface area contributed by atoms with E-state index >= 15 is 0 Å². The zero-order chi connectivity index (χ0) is 12.4. The van der Waals surface area contributed by atoms with Gasteiger partial charge in [-0.05, 0) is 24.3 Å². The van der Waals surface area contributed by atoms with Crippen molar-refractivity contribution >= 4 is 33.3 Å². The van der Waals surface area contributed by atoms with E-state index in [2.05, 4.69) is 4.98 Å². The number of fused-ring (bicyclic) bond motifs is 1. The summed E-state index contributed by atoms with van der Waals surface area (Å²) >= 11 is 3.50. The van der Waals surface area contributed by atoms with Gasteiger partial charge >= 0.3 is 0 Å². The molecule has 18 heavy (non-hydrogen) atoms. The summed E-state index contributed by atoms with van der Waals surface area (Å²) in [6, 6.07) is 1.90. The summed E-state index contributed by atoms with van der Waals surface area (Å²) < 4.78 is 2.53. The Balaban J connectivity index is 1.66. The summed E-state index contributed by atoms with van der Waals surface area (Å²) in [4.78, 5) is 16.5. The first-order valence-corrected chi connectivity index (χ1v) is 8.32. The molecule has 0 spiro atoms. The van der Waals surface area contributed by atoms with Crippen molar-refractivity contribution in [3.63, 3.8) is 0 Å². The first kappa shape index (κ1) is 12.2. The average molecular weight is 280 g/mol. The molecule has 5 heteroatoms. The molecule has 1 saturated carbocycles. The minimum absolute atomic E-state index is 0.113. The third kappa shape index (κ3) is 2.47. The first-order chi connectivity index (χ1) is 8.84. The monoisotopic (exact) mass is 280 g/mol. The Hall–Kier alpha value is -0.810. The van der Waals surface area contributed by atoms with Crippen LogP contribution >= 0.6 is 23.1 Å². The minimum atomic E-state index is 0.113. The summed E-state index contributed by atoms with van der Waals surface area (Å²) in [5.41, 5.74) is 0.937. The number of aromatic nitrogens is 2. The van der Waals surface area contributed by atoms with Crippen LogP contribution in [0.25, 0.3) is 10.2 Å². The summed E-state index contributed by atoms with van der Waals surface area (Å²) in [7, 11) is 0. The summed E-state index contributed by atoms with van der Waals surface area (Å²) in [6.45, 7) is 0.779. The normalized spacial score (nSPS) is 16.7. The Bertz CT molecular complexity index is 584. The predicted molar refractivity (Wildman–Crippen MR) is 78.6 cm³/mol. The van der Waals surface area contributed by atoms with Crippen molar-refractivity contribution < 1.29 is 0 Å². The standard InChI is InChI=1S/C13H16N2OS2/c16-13-12-11(5-7-18-12)14-9-15(13)6-8-17-10-3-1-2-4-10/h5,7,9-10H,1-4,6,8H2. The maximum Gasteiger partial charge on any atom is 0.271 e. The van der Waals surface area contributed by atoms with Gasteiger partial charge in [-0.3, -0.25) is 9.36 Å². The van der Waals surface area contributed by atoms with Crippen molar-refractivity contribution in [1.82, 2.24) is 9.55 Å². The van der Waals surface area contributed by atoms with Gasteiger partial charge in [-0.1, -0.05) is 12.8 Å². The highest BCUT2D eigenvalue weighted by Gasteiger charge is 2.15. The highest BCUT2D eigenvalue weighted by Crippen LogP contribution is 2.29. The fourth-order valence-corrected chi connectivity index (χ4v) is 4.51. The zero-order valence-electron chi connectivity index (χ0n) is 10.2. The topological polar surface area (TPSA) is 34.9 Å². The lowest BCUT2D eigenvalue weighted by Crippen LogP contribution is -2.21. The number of nitrogens with zero attached hydrogens (tertiary/aromatic N) is 2. The first-order valence-electron chi connectivity index (χ1n) is 6.39. The van der Waals surface area contributed by atoms with Gasteiger partial charge in [-0.15, -0.1) is 11.3 Å². The Labute approximate surface area is 114 Å². The van der Waals surface area contributed by atoms with Gasteiger partial charge in [0.2, 0.25) is 0 Å². The molecule has 3 nitrogen and oxygen atoms in total. The van der Waals surface area contributed by atoms with E-state index in [9.17, 15) is 4.79 Å². The molecule has 0 aliphatic heterocycles. The van der Waals surface area contributed by atoms with Crippen molar-refractivity contribution in [2.24, 2.45) is 0 Å². The third-order valence-corrected chi connectivity index (χ3v) is 5.68. The lowest BCUT2D eigenvalue weighted by molar-refractivity contribution is 0.724. The molecule has 2 heterocycles. The molecule has 2 aromatic rings. The molecule has 0 radical (unpaired) electrons. The molecule has 0 aromatic carbocycles. The molecule has 0 atom stereocenters. The van der Waals surface area contributed by atoms with E-state index in [0.29, 0.717) is 0 Å². The Kier molecular flexibility index (Phi) is 3.70. The smallest absolute Gasteiger partial charge is 0.271 e. The van der Waals surface area contributed by atoms with Gasteiger partial charge < -0.3 is 0 Å². The Morgan fingerprint density at radius 2 is 2.28 bits per heavy atom. The lowest BCUT2D eigenvalue weighted by atomic mass is 10.4. The van der Waals surface area contributed by atoms with Crippen LogP contribution < -0.4 is 5.56 Å². The van der Waals surface area contributed by atoms with E-state index in [1.54, 1.807) is 10.9 Å². The highest BCUT2D eigenvalue weighted by molar-refractivity contribution is 7.99. The van der Waals surface area contributed by atoms with Gasteiger partial charge in [0.1, 0.15) is 4.70 Å². The molecule has 0 unspecified atom stereocenters. The average Bonchev–Trinajstić information content (AvgIpc) is 3.02. The van der Waals surface area contributed by atoms with Gasteiger partial charge in [-0.25, -0.2) is 4.98 Å². The molecule has 1 aliphatic rings. The molecule has 2 aromatic heterocycles. The van der Waals surface area contributed by atoms with Crippen LogP contribution in [0, 0.1) is 0 Å². The molecule has 0 saturated heterocycles. The maximum atomic E-state index is 12.1. The molecule has 1 fully saturated rings. The van der Waals surface area contributed by atoms with Gasteiger partial charge in [-0.2, -0.15) is 11.8 Å². The van der Waals surface area contributed by atoms with E-state index in [4.69, 9.17) is 0 Å². The van der Waals surface area contributed by atoms with Crippen LogP contribution in [0.1, 0.15) is 25.7 Å². The Morgan fingerprint density at radius 3 is 3.11 bits per heavy atom. The molecular formula is C13H16N2OS2. The van der Waals surface area contributed by atoms with Crippen LogP contribution in [0.15, 0.2) is 22.6 Å². The SMILES string of the molecule is O=c1c2sccc2ncn1CCSC1CCCC1. The van der Waals surface area contributed by atoms with Gasteiger partial charge in [0.25, 0.3) is 5.56 Å². The number of thiophene rings is 1. The van der Waals surface area contributed by atoms with Crippen molar-refractivity contribution in [3.05, 3.63) is 28.1 Å². The summed E-state index contributed by atoms with van der Waals surface area (Å²) in [5.74, 6) is 1.02. The number of thioether (sulfide) groups is 1. The third-order valence-electron chi connectivity index (χ3n) is 3.42. The largest absolute Gasteiger partial charge is 0.297 e. The van der Waals surface area contributed by atoms with E-state index in [1.807, 2.05) is 23.2 Å². The molecule has 1 aliphatic carbocycles. The molecule has 0 bridgehead atoms. The van der Waals surface area contributed by atoms with Crippen LogP contribution in [0.2, 0.25) is 0 Å². The minimum Gasteiger partial charge on any atom is -0.297 e. The van der Waals surface area contributed by atoms with Crippen LogP contribution in [0.3, 0.4) is 0 Å². The highest BCUT2D eigenvalue weighted by atomic mass is 32.2. The molecule has 3 rings (SSSR count). The van der Waals surface area contributed by atoms with E-state index in [-0.39, 0.29) is 5.56 Å². The molecular weight excluding hydrogens is 264 g/mol. The number of aryl methyl sites for hydroxylation is 1. The van der Waals surface area contributed by atoms with Gasteiger partial charge in [0.15, 0.2) is 0 Å². The predicted octanol–water partition coefficient (Wildman–Crippen LogP) is 3.13. The summed E-state index contributed by atoms with van der Waals surface area (Å²) in [5, 5.41) is 2.75. The van der Waals surface area contributed by atoms with Crippen LogP contribution in [-0.2, 0) is 6.54 Å². The number of hydrogen-bond acceptors (Lipinski definition) is 4. The van der Waals surface area contributed by atoms with Gasteiger partial charge in [0, 0.05) is 17.5 Å². The van der Waals surface area contributed by atoms with Crippen molar-refractivity contribution in [3.8, 4) is 0 Å². The van der Waals surface area contributed by atoms with E-state index in [0.717, 1.165) is 27.8 Å². The van der Waals surface area contributed by atoms with Crippen LogP contribution in [0.5, 0.6) is 0 Å². The van der Waals surface area contributed by atoms with Crippen molar-refractivity contribution in [1.29, 1.82) is 0 Å². The molecule has 0 N–H and O–H groups in total. The second kappa shape index (κ2) is 5.45. The fourth-order valence-electron chi connectivity index (χ4n) is 2.41. The maximum absolute atomic E-state index is 12.1. The van der Waals surface area contributed by atoms with Crippen LogP contribution in [-0.4, -0.2) is 20.6 Å². The lowest BCUT2D eigenvalue weighted by Gasteiger charge is -2.09. The molecule has 96 valence electrons. The van der Waals surface area contributed by atoms with Crippen molar-refractivity contribution in [2.75, 3.05) is 5.75 Å². The van der Waals surface area contributed by atoms with Gasteiger partial charge in [0.05, 0.1) is 11.8 Å². The quantitative estimate of drug-likeness (QED) is 0.863. The fraction of sp³-hybridized carbons (Fsp3) is 0.538. The van der Waals surface area contributed by atoms with E-state index < -0.39 is 0 Å². The number of rotatable bonds is 4. The zero-order valence-corrected chi connectivity index (χ0v) is 11.8. The summed E-state index contributed by atoms with van der Waals surface area (Å²) in [6.07, 6.45) is 7.14. The number of hydrogen-bond donors (Lipinski definition) is 0. The molecule has 0 amide bonds. The van der Waals surface area contributed by atoms with Crippen LogP contribution in [0.4, 0.5) is 0 Å². The second-order valence-electron chi connectivity index (χ2n) is 4.66. The van der Waals surface area contributed by atoms with Crippen molar-refractivity contribution in [2.45, 2.75) is 37.5 Å². The second-order valence-corrected chi connectivity index (χ2v) is 6.98. The Morgan fingerprint density at radius 1 is 1.44 bits per heavy atom.